The zero-order valence-corrected chi connectivity index (χ0v) is 15.9. The van der Waals surface area contributed by atoms with E-state index in [0.29, 0.717) is 5.75 Å². The van der Waals surface area contributed by atoms with Crippen molar-refractivity contribution in [2.75, 3.05) is 5.75 Å². The van der Waals surface area contributed by atoms with Gasteiger partial charge >= 0.3 is 0 Å². The van der Waals surface area contributed by atoms with Crippen molar-refractivity contribution < 1.29 is 4.79 Å². The van der Waals surface area contributed by atoms with Crippen LogP contribution in [0.25, 0.3) is 0 Å². The van der Waals surface area contributed by atoms with E-state index in [4.69, 9.17) is 0 Å². The quantitative estimate of drug-likeness (QED) is 0.608. The Hall–Kier alpha value is -2.05. The normalized spacial score (nSPS) is 12.1. The average molecular weight is 372 g/mol. The smallest absolute Gasteiger partial charge is 0.230 e. The van der Waals surface area contributed by atoms with Gasteiger partial charge in [0.15, 0.2) is 5.16 Å². The van der Waals surface area contributed by atoms with Crippen molar-refractivity contribution >= 4 is 29.0 Å². The molecule has 0 fully saturated rings. The van der Waals surface area contributed by atoms with Crippen molar-refractivity contribution in [2.45, 2.75) is 31.5 Å². The molecule has 3 aromatic rings. The highest BCUT2D eigenvalue weighted by molar-refractivity contribution is 7.99. The molecule has 3 rings (SSSR count). The number of benzene rings is 1. The van der Waals surface area contributed by atoms with Crippen LogP contribution in [0.15, 0.2) is 53.0 Å². The van der Waals surface area contributed by atoms with Gasteiger partial charge in [-0.15, -0.1) is 11.3 Å². The van der Waals surface area contributed by atoms with Crippen molar-refractivity contribution in [1.29, 1.82) is 0 Å². The monoisotopic (exact) mass is 371 g/mol. The van der Waals surface area contributed by atoms with Crippen LogP contribution in [-0.2, 0) is 11.2 Å². The number of amides is 1. The highest BCUT2D eigenvalue weighted by atomic mass is 32.2. The summed E-state index contributed by atoms with van der Waals surface area (Å²) in [7, 11) is 0. The van der Waals surface area contributed by atoms with Crippen molar-refractivity contribution in [3.8, 4) is 0 Å². The van der Waals surface area contributed by atoms with Gasteiger partial charge in [0.2, 0.25) is 5.91 Å². The number of rotatable bonds is 7. The topological polar surface area (TPSA) is 57.8 Å². The minimum Gasteiger partial charge on any atom is -0.348 e. The summed E-state index contributed by atoms with van der Waals surface area (Å²) >= 11 is 3.09. The molecule has 2 heterocycles. The van der Waals surface area contributed by atoms with E-state index in [1.165, 1.54) is 17.3 Å². The Labute approximate surface area is 156 Å². The molecule has 130 valence electrons. The Morgan fingerprint density at radius 3 is 2.80 bits per heavy atom. The van der Waals surface area contributed by atoms with Gasteiger partial charge in [-0.1, -0.05) is 48.2 Å². The lowest BCUT2D eigenvalue weighted by Crippen LogP contribution is -2.27. The SMILES string of the molecule is Cc1[nH]c(SCC(=O)NC(C)c2cccs2)nc1Cc1ccccc1. The van der Waals surface area contributed by atoms with E-state index in [1.807, 2.05) is 49.6 Å². The maximum atomic E-state index is 12.1. The number of carbonyl (C=O) groups excluding carboxylic acids is 1. The fourth-order valence-corrected chi connectivity index (χ4v) is 4.01. The van der Waals surface area contributed by atoms with Gasteiger partial charge in [0.1, 0.15) is 0 Å². The molecule has 1 unspecified atom stereocenters. The molecule has 1 amide bonds. The largest absolute Gasteiger partial charge is 0.348 e. The highest BCUT2D eigenvalue weighted by Gasteiger charge is 2.13. The van der Waals surface area contributed by atoms with E-state index in [-0.39, 0.29) is 11.9 Å². The number of nitrogens with zero attached hydrogens (tertiary/aromatic N) is 1. The van der Waals surface area contributed by atoms with Crippen molar-refractivity contribution in [3.63, 3.8) is 0 Å². The summed E-state index contributed by atoms with van der Waals surface area (Å²) in [5.74, 6) is 0.373. The van der Waals surface area contributed by atoms with E-state index in [1.54, 1.807) is 11.3 Å². The number of nitrogens with one attached hydrogen (secondary N) is 2. The number of H-pyrrole nitrogens is 1. The van der Waals surface area contributed by atoms with E-state index < -0.39 is 0 Å². The van der Waals surface area contributed by atoms with Gasteiger partial charge in [-0.25, -0.2) is 4.98 Å². The van der Waals surface area contributed by atoms with Gasteiger partial charge in [-0.3, -0.25) is 4.79 Å². The second-order valence-electron chi connectivity index (χ2n) is 5.87. The molecular formula is C19H21N3OS2. The minimum absolute atomic E-state index is 0.0181. The van der Waals surface area contributed by atoms with E-state index in [9.17, 15) is 4.79 Å². The summed E-state index contributed by atoms with van der Waals surface area (Å²) in [5.41, 5.74) is 3.32. The van der Waals surface area contributed by atoms with Crippen molar-refractivity contribution in [1.82, 2.24) is 15.3 Å². The standard InChI is InChI=1S/C19H21N3OS2/c1-13-16(11-15-7-4-3-5-8-15)22-19(21-13)25-12-18(23)20-14(2)17-9-6-10-24-17/h3-10,14H,11-12H2,1-2H3,(H,20,23)(H,21,22). The first-order chi connectivity index (χ1) is 12.1. The highest BCUT2D eigenvalue weighted by Crippen LogP contribution is 2.21. The Balaban J connectivity index is 1.53. The number of carbonyl (C=O) groups is 1. The van der Waals surface area contributed by atoms with Gasteiger partial charge in [-0.2, -0.15) is 0 Å². The van der Waals surface area contributed by atoms with Crippen molar-refractivity contribution in [3.05, 3.63) is 69.7 Å². The third kappa shape index (κ3) is 4.96. The number of hydrogen-bond donors (Lipinski definition) is 2. The lowest BCUT2D eigenvalue weighted by Gasteiger charge is -2.11. The van der Waals surface area contributed by atoms with Crippen LogP contribution < -0.4 is 5.32 Å². The van der Waals surface area contributed by atoms with Crippen LogP contribution in [-0.4, -0.2) is 21.6 Å². The summed E-state index contributed by atoms with van der Waals surface area (Å²) in [4.78, 5) is 21.2. The molecule has 0 bridgehead atoms. The number of aromatic amines is 1. The zero-order chi connectivity index (χ0) is 17.6. The average Bonchev–Trinajstić information content (AvgIpc) is 3.25. The number of imidazole rings is 1. The molecule has 0 radical (unpaired) electrons. The first-order valence-corrected chi connectivity index (χ1v) is 10.0. The molecule has 2 N–H and O–H groups in total. The zero-order valence-electron chi connectivity index (χ0n) is 14.3. The van der Waals surface area contributed by atoms with Crippen LogP contribution in [0.3, 0.4) is 0 Å². The number of aromatic nitrogens is 2. The van der Waals surface area contributed by atoms with E-state index in [2.05, 4.69) is 27.4 Å². The number of thiophene rings is 1. The summed E-state index contributed by atoms with van der Waals surface area (Å²) in [6, 6.07) is 14.3. The number of hydrogen-bond acceptors (Lipinski definition) is 4. The van der Waals surface area contributed by atoms with Gasteiger partial charge < -0.3 is 10.3 Å². The maximum Gasteiger partial charge on any atom is 0.230 e. The minimum atomic E-state index is 0.0181. The first-order valence-electron chi connectivity index (χ1n) is 8.17. The molecule has 0 saturated heterocycles. The van der Waals surface area contributed by atoms with E-state index in [0.717, 1.165) is 27.8 Å². The third-order valence-corrected chi connectivity index (χ3v) is 5.79. The molecule has 6 heteroatoms. The van der Waals surface area contributed by atoms with Crippen LogP contribution in [0.1, 0.15) is 34.8 Å². The number of aryl methyl sites for hydroxylation is 1. The Kier molecular flexibility index (Phi) is 5.94. The lowest BCUT2D eigenvalue weighted by molar-refractivity contribution is -0.119. The van der Waals surface area contributed by atoms with Crippen LogP contribution in [0.4, 0.5) is 0 Å². The van der Waals surface area contributed by atoms with Crippen LogP contribution in [0.2, 0.25) is 0 Å². The second-order valence-corrected chi connectivity index (χ2v) is 7.81. The third-order valence-electron chi connectivity index (χ3n) is 3.87. The second kappa shape index (κ2) is 8.36. The van der Waals surface area contributed by atoms with Crippen LogP contribution in [0, 0.1) is 6.92 Å². The predicted octanol–water partition coefficient (Wildman–Crippen LogP) is 4.34. The summed E-state index contributed by atoms with van der Waals surface area (Å²) < 4.78 is 0. The summed E-state index contributed by atoms with van der Waals surface area (Å²) in [5, 5.41) is 5.84. The van der Waals surface area contributed by atoms with Gasteiger partial charge in [0.25, 0.3) is 0 Å². The van der Waals surface area contributed by atoms with Gasteiger partial charge in [-0.05, 0) is 30.9 Å². The fourth-order valence-electron chi connectivity index (χ4n) is 2.52. The molecule has 0 saturated carbocycles. The predicted molar refractivity (Wildman–Crippen MR) is 104 cm³/mol. The Bertz CT molecular complexity index is 813. The first kappa shape index (κ1) is 17.8. The van der Waals surface area contributed by atoms with Crippen LogP contribution >= 0.6 is 23.1 Å². The van der Waals surface area contributed by atoms with Gasteiger partial charge in [0, 0.05) is 17.0 Å². The summed E-state index contributed by atoms with van der Waals surface area (Å²) in [6.45, 7) is 4.03. The molecule has 0 aliphatic rings. The number of thioether (sulfide) groups is 1. The lowest BCUT2D eigenvalue weighted by atomic mass is 10.1. The molecule has 0 aliphatic carbocycles. The summed E-state index contributed by atoms with van der Waals surface area (Å²) in [6.07, 6.45) is 0.797. The Morgan fingerprint density at radius 1 is 1.28 bits per heavy atom. The molecule has 1 aromatic carbocycles. The van der Waals surface area contributed by atoms with Crippen LogP contribution in [0.5, 0.6) is 0 Å². The molecule has 4 nitrogen and oxygen atoms in total. The Morgan fingerprint density at radius 2 is 2.08 bits per heavy atom. The molecule has 1 atom stereocenters. The molecule has 25 heavy (non-hydrogen) atoms. The van der Waals surface area contributed by atoms with Gasteiger partial charge in [0.05, 0.1) is 17.5 Å². The van der Waals surface area contributed by atoms with E-state index >= 15 is 0 Å². The molecule has 2 aromatic heterocycles. The molecule has 0 spiro atoms. The molecule has 0 aliphatic heterocycles. The molecular weight excluding hydrogens is 350 g/mol. The fraction of sp³-hybridized carbons (Fsp3) is 0.263. The van der Waals surface area contributed by atoms with Crippen molar-refractivity contribution in [2.24, 2.45) is 0 Å². The maximum absolute atomic E-state index is 12.1.